The van der Waals surface area contributed by atoms with Gasteiger partial charge in [-0.05, 0) is 6.92 Å². The average molecular weight is 238 g/mol. The number of carbonyl (C=O) groups is 3. The Morgan fingerprint density at radius 2 is 2.00 bits per heavy atom. The SMILES string of the molecule is CCOC(=O)C1=C(N(C)C)C(=O)C=C(N)C1=O. The van der Waals surface area contributed by atoms with Crippen LogP contribution < -0.4 is 5.73 Å². The van der Waals surface area contributed by atoms with Crippen LogP contribution in [0, 0.1) is 0 Å². The second-order valence-corrected chi connectivity index (χ2v) is 3.63. The van der Waals surface area contributed by atoms with Crippen molar-refractivity contribution in [3.63, 3.8) is 0 Å². The van der Waals surface area contributed by atoms with Crippen molar-refractivity contribution in [2.45, 2.75) is 6.92 Å². The van der Waals surface area contributed by atoms with E-state index < -0.39 is 17.5 Å². The number of hydrogen-bond acceptors (Lipinski definition) is 6. The molecule has 1 aliphatic rings. The van der Waals surface area contributed by atoms with Crippen LogP contribution in [0.3, 0.4) is 0 Å². The summed E-state index contributed by atoms with van der Waals surface area (Å²) >= 11 is 0. The largest absolute Gasteiger partial charge is 0.462 e. The molecular formula is C11H14N2O4. The van der Waals surface area contributed by atoms with Crippen molar-refractivity contribution < 1.29 is 19.1 Å². The van der Waals surface area contributed by atoms with Crippen LogP contribution in [-0.4, -0.2) is 43.1 Å². The lowest BCUT2D eigenvalue weighted by Crippen LogP contribution is -2.34. The van der Waals surface area contributed by atoms with Crippen molar-refractivity contribution in [1.29, 1.82) is 0 Å². The number of esters is 1. The predicted molar refractivity (Wildman–Crippen MR) is 59.6 cm³/mol. The lowest BCUT2D eigenvalue weighted by Gasteiger charge is -2.21. The molecule has 1 rings (SSSR count). The Morgan fingerprint density at radius 1 is 1.41 bits per heavy atom. The van der Waals surface area contributed by atoms with Crippen molar-refractivity contribution >= 4 is 17.5 Å². The molecular weight excluding hydrogens is 224 g/mol. The van der Waals surface area contributed by atoms with Gasteiger partial charge in [0.25, 0.3) is 0 Å². The van der Waals surface area contributed by atoms with Crippen LogP contribution in [0.5, 0.6) is 0 Å². The monoisotopic (exact) mass is 238 g/mol. The molecule has 0 bridgehead atoms. The number of likely N-dealkylation sites (N-methyl/N-ethyl adjacent to an activating group) is 1. The van der Waals surface area contributed by atoms with Crippen LogP contribution in [0.15, 0.2) is 23.0 Å². The molecule has 0 fully saturated rings. The highest BCUT2D eigenvalue weighted by Crippen LogP contribution is 2.19. The smallest absolute Gasteiger partial charge is 0.344 e. The Labute approximate surface area is 98.7 Å². The molecule has 6 nitrogen and oxygen atoms in total. The van der Waals surface area contributed by atoms with E-state index in [1.807, 2.05) is 0 Å². The minimum Gasteiger partial charge on any atom is -0.462 e. The van der Waals surface area contributed by atoms with Crippen LogP contribution in [0.2, 0.25) is 0 Å². The van der Waals surface area contributed by atoms with Crippen LogP contribution in [-0.2, 0) is 19.1 Å². The van der Waals surface area contributed by atoms with E-state index in [0.717, 1.165) is 6.08 Å². The number of rotatable bonds is 3. The van der Waals surface area contributed by atoms with Gasteiger partial charge in [-0.1, -0.05) is 0 Å². The van der Waals surface area contributed by atoms with Gasteiger partial charge in [-0.25, -0.2) is 4.79 Å². The first-order chi connectivity index (χ1) is 7.90. The lowest BCUT2D eigenvalue weighted by molar-refractivity contribution is -0.140. The zero-order valence-electron chi connectivity index (χ0n) is 9.94. The van der Waals surface area contributed by atoms with Gasteiger partial charge < -0.3 is 15.4 Å². The van der Waals surface area contributed by atoms with Gasteiger partial charge in [0, 0.05) is 20.2 Å². The van der Waals surface area contributed by atoms with Gasteiger partial charge in [-0.2, -0.15) is 0 Å². The molecule has 0 heterocycles. The van der Waals surface area contributed by atoms with E-state index in [-0.39, 0.29) is 23.6 Å². The summed E-state index contributed by atoms with van der Waals surface area (Å²) in [6.45, 7) is 1.73. The van der Waals surface area contributed by atoms with Gasteiger partial charge in [-0.3, -0.25) is 9.59 Å². The molecule has 17 heavy (non-hydrogen) atoms. The number of ketones is 2. The first-order valence-electron chi connectivity index (χ1n) is 5.05. The lowest BCUT2D eigenvalue weighted by atomic mass is 9.97. The molecule has 0 aromatic heterocycles. The fraction of sp³-hybridized carbons (Fsp3) is 0.364. The molecule has 92 valence electrons. The molecule has 0 saturated heterocycles. The Balaban J connectivity index is 3.32. The fourth-order valence-electron chi connectivity index (χ4n) is 1.49. The van der Waals surface area contributed by atoms with Crippen molar-refractivity contribution in [1.82, 2.24) is 4.90 Å². The number of allylic oxidation sites excluding steroid dienone is 2. The zero-order valence-corrected chi connectivity index (χ0v) is 9.94. The molecule has 0 atom stereocenters. The van der Waals surface area contributed by atoms with Crippen LogP contribution >= 0.6 is 0 Å². The molecule has 0 aliphatic heterocycles. The third kappa shape index (κ3) is 2.35. The summed E-state index contributed by atoms with van der Waals surface area (Å²) in [7, 11) is 3.13. The molecule has 0 radical (unpaired) electrons. The van der Waals surface area contributed by atoms with E-state index in [1.165, 1.54) is 4.90 Å². The van der Waals surface area contributed by atoms with E-state index in [0.29, 0.717) is 0 Å². The highest BCUT2D eigenvalue weighted by molar-refractivity contribution is 6.32. The number of hydrogen-bond donors (Lipinski definition) is 1. The summed E-state index contributed by atoms with van der Waals surface area (Å²) in [4.78, 5) is 36.5. The van der Waals surface area contributed by atoms with Gasteiger partial charge >= 0.3 is 5.97 Å². The highest BCUT2D eigenvalue weighted by Gasteiger charge is 2.33. The minimum absolute atomic E-state index is 0.00245. The summed E-state index contributed by atoms with van der Waals surface area (Å²) in [6, 6.07) is 0. The Bertz CT molecular complexity index is 446. The number of nitrogens with zero attached hydrogens (tertiary/aromatic N) is 1. The third-order valence-corrected chi connectivity index (χ3v) is 2.17. The standard InChI is InChI=1S/C11H14N2O4/c1-4-17-11(16)8-9(13(2)3)7(14)5-6(12)10(8)15/h5H,4,12H2,1-3H3. The molecule has 0 unspecified atom stereocenters. The maximum absolute atomic E-state index is 11.8. The summed E-state index contributed by atoms with van der Waals surface area (Å²) < 4.78 is 4.75. The Kier molecular flexibility index (Phi) is 3.67. The van der Waals surface area contributed by atoms with Gasteiger partial charge in [-0.15, -0.1) is 0 Å². The van der Waals surface area contributed by atoms with Crippen LogP contribution in [0.4, 0.5) is 0 Å². The number of Topliss-reactive ketones (excluding diaryl/α,β-unsaturated/α-hetero) is 1. The third-order valence-electron chi connectivity index (χ3n) is 2.17. The number of carbonyl (C=O) groups excluding carboxylic acids is 3. The van der Waals surface area contributed by atoms with Gasteiger partial charge in [0.2, 0.25) is 11.6 Å². The molecule has 6 heteroatoms. The van der Waals surface area contributed by atoms with E-state index >= 15 is 0 Å². The molecule has 0 amide bonds. The maximum Gasteiger partial charge on any atom is 0.344 e. The summed E-state index contributed by atoms with van der Waals surface area (Å²) in [5, 5.41) is 0. The fourth-order valence-corrected chi connectivity index (χ4v) is 1.49. The van der Waals surface area contributed by atoms with Crippen molar-refractivity contribution in [2.24, 2.45) is 5.73 Å². The van der Waals surface area contributed by atoms with E-state index in [4.69, 9.17) is 10.5 Å². The summed E-state index contributed by atoms with van der Waals surface area (Å²) in [5.41, 5.74) is 4.84. The minimum atomic E-state index is -0.828. The number of nitrogens with two attached hydrogens (primary N) is 1. The normalized spacial score (nSPS) is 15.8. The van der Waals surface area contributed by atoms with Gasteiger partial charge in [0.05, 0.1) is 12.3 Å². The maximum atomic E-state index is 11.8. The molecule has 1 aliphatic carbocycles. The predicted octanol–water partition coefficient (Wildman–Crippen LogP) is -0.640. The Hall–Kier alpha value is -2.11. The second-order valence-electron chi connectivity index (χ2n) is 3.63. The van der Waals surface area contributed by atoms with Crippen LogP contribution in [0.1, 0.15) is 6.92 Å². The van der Waals surface area contributed by atoms with Crippen molar-refractivity contribution in [3.8, 4) is 0 Å². The molecule has 0 aromatic rings. The number of ether oxygens (including phenoxy) is 1. The molecule has 2 N–H and O–H groups in total. The average Bonchev–Trinajstić information content (AvgIpc) is 2.22. The van der Waals surface area contributed by atoms with Gasteiger partial charge in [0.1, 0.15) is 11.3 Å². The van der Waals surface area contributed by atoms with Crippen molar-refractivity contribution in [2.75, 3.05) is 20.7 Å². The molecule has 0 aromatic carbocycles. The highest BCUT2D eigenvalue weighted by atomic mass is 16.5. The first kappa shape index (κ1) is 13.0. The molecule has 0 saturated carbocycles. The van der Waals surface area contributed by atoms with E-state index in [9.17, 15) is 14.4 Å². The summed E-state index contributed by atoms with van der Waals surface area (Å²) in [5.74, 6) is -1.98. The zero-order chi connectivity index (χ0) is 13.2. The Morgan fingerprint density at radius 3 is 2.47 bits per heavy atom. The second kappa shape index (κ2) is 4.82. The van der Waals surface area contributed by atoms with Crippen molar-refractivity contribution in [3.05, 3.63) is 23.0 Å². The quantitative estimate of drug-likeness (QED) is 0.399. The topological polar surface area (TPSA) is 89.7 Å². The van der Waals surface area contributed by atoms with Crippen LogP contribution in [0.25, 0.3) is 0 Å². The summed E-state index contributed by atoms with van der Waals surface area (Å²) in [6.07, 6.45) is 1.01. The van der Waals surface area contributed by atoms with Gasteiger partial charge in [0.15, 0.2) is 0 Å². The first-order valence-corrected chi connectivity index (χ1v) is 5.05. The van der Waals surface area contributed by atoms with E-state index in [1.54, 1.807) is 21.0 Å². The van der Waals surface area contributed by atoms with E-state index in [2.05, 4.69) is 0 Å². The molecule has 0 spiro atoms.